The molecule has 6 nitrogen and oxygen atoms in total. The highest BCUT2D eigenvalue weighted by molar-refractivity contribution is 6.03. The third kappa shape index (κ3) is 3.95. The first-order valence-electron chi connectivity index (χ1n) is 10.6. The van der Waals surface area contributed by atoms with E-state index in [4.69, 9.17) is 9.15 Å². The van der Waals surface area contributed by atoms with Gasteiger partial charge in [0.1, 0.15) is 11.5 Å². The third-order valence-corrected chi connectivity index (χ3v) is 6.25. The normalized spacial score (nSPS) is 18.8. The Hall–Kier alpha value is -2.76. The second-order valence-corrected chi connectivity index (χ2v) is 9.23. The monoisotopic (exact) mass is 410 g/mol. The van der Waals surface area contributed by atoms with Crippen molar-refractivity contribution in [3.8, 4) is 5.75 Å². The van der Waals surface area contributed by atoms with Gasteiger partial charge in [-0.1, -0.05) is 13.8 Å². The third-order valence-electron chi connectivity index (χ3n) is 6.25. The molecule has 2 aromatic rings. The van der Waals surface area contributed by atoms with Gasteiger partial charge in [-0.25, -0.2) is 0 Å². The summed E-state index contributed by atoms with van der Waals surface area (Å²) in [6, 6.07) is 8.15. The van der Waals surface area contributed by atoms with Crippen molar-refractivity contribution in [2.45, 2.75) is 52.5 Å². The van der Waals surface area contributed by atoms with Gasteiger partial charge in [0.2, 0.25) is 0 Å². The molecule has 0 atom stereocenters. The highest BCUT2D eigenvalue weighted by Gasteiger charge is 2.37. The molecular weight excluding hydrogens is 380 g/mol. The molecule has 1 N–H and O–H groups in total. The molecule has 1 aromatic heterocycles. The maximum Gasteiger partial charge on any atom is 0.287 e. The molecule has 1 saturated heterocycles. The number of anilines is 1. The van der Waals surface area contributed by atoms with Crippen molar-refractivity contribution < 1.29 is 18.7 Å². The van der Waals surface area contributed by atoms with E-state index in [2.05, 4.69) is 36.2 Å². The average molecular weight is 411 g/mol. The van der Waals surface area contributed by atoms with Crippen LogP contribution in [0.15, 0.2) is 28.7 Å². The molecule has 0 saturated carbocycles. The van der Waals surface area contributed by atoms with E-state index >= 15 is 0 Å². The predicted octanol–water partition coefficient (Wildman–Crippen LogP) is 4.15. The van der Waals surface area contributed by atoms with E-state index in [1.807, 2.05) is 19.1 Å². The highest BCUT2D eigenvalue weighted by Crippen LogP contribution is 2.38. The summed E-state index contributed by atoms with van der Waals surface area (Å²) in [5, 5.41) is 3.12. The molecule has 0 bridgehead atoms. The minimum Gasteiger partial charge on any atom is -0.497 e. The first kappa shape index (κ1) is 20.5. The predicted molar refractivity (Wildman–Crippen MR) is 116 cm³/mol. The number of nitrogens with zero attached hydrogens (tertiary/aromatic N) is 1. The number of hydrogen-bond acceptors (Lipinski definition) is 5. The molecule has 0 radical (unpaired) electrons. The van der Waals surface area contributed by atoms with E-state index in [1.165, 1.54) is 0 Å². The summed E-state index contributed by atoms with van der Waals surface area (Å²) < 4.78 is 11.1. The Kier molecular flexibility index (Phi) is 5.35. The summed E-state index contributed by atoms with van der Waals surface area (Å²) >= 11 is 0. The quantitative estimate of drug-likeness (QED) is 0.820. The number of carbonyl (C=O) groups is 2. The van der Waals surface area contributed by atoms with Crippen LogP contribution in [0.4, 0.5) is 5.69 Å². The molecule has 4 rings (SSSR count). The number of piperidine rings is 1. The van der Waals surface area contributed by atoms with Gasteiger partial charge < -0.3 is 19.4 Å². The molecule has 1 fully saturated rings. The lowest BCUT2D eigenvalue weighted by molar-refractivity contribution is 0.0879. The van der Waals surface area contributed by atoms with Crippen molar-refractivity contribution in [3.63, 3.8) is 0 Å². The Labute approximate surface area is 177 Å². The van der Waals surface area contributed by atoms with Gasteiger partial charge in [-0.05, 0) is 49.4 Å². The number of methoxy groups -OCH3 is 1. The van der Waals surface area contributed by atoms with Crippen LogP contribution in [0, 0.1) is 12.3 Å². The average Bonchev–Trinajstić information content (AvgIpc) is 3.04. The number of amides is 1. The SMILES string of the molecule is COc1ccc(N2CCC(NC(=O)c3oc4c(c3C)C(=O)CC(C)(C)C4)CC2)cc1. The van der Waals surface area contributed by atoms with Crippen LogP contribution in [0.1, 0.15) is 65.3 Å². The number of fused-ring (bicyclic) bond motifs is 1. The lowest BCUT2D eigenvalue weighted by atomic mass is 9.76. The lowest BCUT2D eigenvalue weighted by Crippen LogP contribution is -2.44. The van der Waals surface area contributed by atoms with Crippen LogP contribution in [0.3, 0.4) is 0 Å². The number of ketones is 1. The van der Waals surface area contributed by atoms with Gasteiger partial charge >= 0.3 is 0 Å². The Morgan fingerprint density at radius 2 is 1.83 bits per heavy atom. The van der Waals surface area contributed by atoms with E-state index < -0.39 is 0 Å². The lowest BCUT2D eigenvalue weighted by Gasteiger charge is -2.34. The topological polar surface area (TPSA) is 71.8 Å². The van der Waals surface area contributed by atoms with Gasteiger partial charge in [-0.2, -0.15) is 0 Å². The minimum absolute atomic E-state index is 0.0781. The maximum atomic E-state index is 12.9. The molecule has 160 valence electrons. The number of rotatable bonds is 4. The van der Waals surface area contributed by atoms with Gasteiger partial charge in [-0.15, -0.1) is 0 Å². The van der Waals surface area contributed by atoms with Gasteiger partial charge in [0.25, 0.3) is 5.91 Å². The van der Waals surface area contributed by atoms with E-state index in [-0.39, 0.29) is 23.1 Å². The van der Waals surface area contributed by atoms with Crippen LogP contribution in [0.25, 0.3) is 0 Å². The molecular formula is C24H30N2O4. The fourth-order valence-electron chi connectivity index (χ4n) is 4.63. The van der Waals surface area contributed by atoms with Crippen molar-refractivity contribution in [1.82, 2.24) is 5.32 Å². The summed E-state index contributed by atoms with van der Waals surface area (Å²) in [5.74, 6) is 1.67. The van der Waals surface area contributed by atoms with Gasteiger partial charge in [0.15, 0.2) is 11.5 Å². The maximum absolute atomic E-state index is 12.9. The van der Waals surface area contributed by atoms with Crippen LogP contribution in [-0.2, 0) is 6.42 Å². The Balaban J connectivity index is 1.39. The highest BCUT2D eigenvalue weighted by atomic mass is 16.5. The zero-order chi connectivity index (χ0) is 21.5. The Morgan fingerprint density at radius 3 is 2.47 bits per heavy atom. The molecule has 1 amide bonds. The second-order valence-electron chi connectivity index (χ2n) is 9.23. The Bertz CT molecular complexity index is 950. The number of ether oxygens (including phenoxy) is 1. The van der Waals surface area contributed by atoms with Crippen molar-refractivity contribution in [1.29, 1.82) is 0 Å². The van der Waals surface area contributed by atoms with Gasteiger partial charge in [-0.3, -0.25) is 9.59 Å². The van der Waals surface area contributed by atoms with Crippen molar-refractivity contribution in [2.75, 3.05) is 25.1 Å². The van der Waals surface area contributed by atoms with E-state index in [0.717, 1.165) is 37.4 Å². The zero-order valence-electron chi connectivity index (χ0n) is 18.2. The summed E-state index contributed by atoms with van der Waals surface area (Å²) in [6.07, 6.45) is 2.90. The Morgan fingerprint density at radius 1 is 1.17 bits per heavy atom. The fourth-order valence-corrected chi connectivity index (χ4v) is 4.63. The number of nitrogens with one attached hydrogen (secondary N) is 1. The first-order chi connectivity index (χ1) is 14.3. The number of hydrogen-bond donors (Lipinski definition) is 1. The van der Waals surface area contributed by atoms with Crippen molar-refractivity contribution in [2.24, 2.45) is 5.41 Å². The summed E-state index contributed by atoms with van der Waals surface area (Å²) in [4.78, 5) is 27.8. The summed E-state index contributed by atoms with van der Waals surface area (Å²) in [6.45, 7) is 7.68. The van der Waals surface area contributed by atoms with E-state index in [1.54, 1.807) is 7.11 Å². The summed E-state index contributed by atoms with van der Waals surface area (Å²) in [5.41, 5.74) is 2.33. The van der Waals surface area contributed by atoms with E-state index in [0.29, 0.717) is 35.5 Å². The molecule has 30 heavy (non-hydrogen) atoms. The van der Waals surface area contributed by atoms with E-state index in [9.17, 15) is 9.59 Å². The number of carbonyl (C=O) groups excluding carboxylic acids is 2. The van der Waals surface area contributed by atoms with Crippen LogP contribution >= 0.6 is 0 Å². The van der Waals surface area contributed by atoms with Gasteiger partial charge in [0, 0.05) is 43.2 Å². The smallest absolute Gasteiger partial charge is 0.287 e. The minimum atomic E-state index is -0.213. The largest absolute Gasteiger partial charge is 0.497 e. The fraction of sp³-hybridized carbons (Fsp3) is 0.500. The van der Waals surface area contributed by atoms with Crippen LogP contribution < -0.4 is 15.0 Å². The molecule has 2 aliphatic rings. The molecule has 1 aliphatic heterocycles. The van der Waals surface area contributed by atoms with Crippen LogP contribution in [-0.4, -0.2) is 37.9 Å². The van der Waals surface area contributed by atoms with Crippen molar-refractivity contribution >= 4 is 17.4 Å². The molecule has 6 heteroatoms. The molecule has 0 spiro atoms. The summed E-state index contributed by atoms with van der Waals surface area (Å²) in [7, 11) is 1.66. The number of Topliss-reactive ketones (excluding diaryl/α,β-unsaturated/α-hetero) is 1. The van der Waals surface area contributed by atoms with Crippen molar-refractivity contribution in [3.05, 3.63) is 46.9 Å². The number of benzene rings is 1. The van der Waals surface area contributed by atoms with Crippen LogP contribution in [0.2, 0.25) is 0 Å². The standard InChI is InChI=1S/C24H30N2O4/c1-15-21-19(27)13-24(2,3)14-20(21)30-22(15)23(28)25-16-9-11-26(12-10-16)17-5-7-18(29-4)8-6-17/h5-8,16H,9-14H2,1-4H3,(H,25,28). The molecule has 1 aliphatic carbocycles. The number of furan rings is 1. The first-order valence-corrected chi connectivity index (χ1v) is 10.6. The molecule has 1 aromatic carbocycles. The zero-order valence-corrected chi connectivity index (χ0v) is 18.2. The van der Waals surface area contributed by atoms with Gasteiger partial charge in [0.05, 0.1) is 12.7 Å². The molecule has 0 unspecified atom stereocenters. The van der Waals surface area contributed by atoms with Crippen LogP contribution in [0.5, 0.6) is 5.75 Å². The molecule has 2 heterocycles. The second kappa shape index (κ2) is 7.82.